The van der Waals surface area contributed by atoms with E-state index in [1.54, 1.807) is 19.2 Å². The largest absolute Gasteiger partial charge is 0.489 e. The zero-order valence-electron chi connectivity index (χ0n) is 16.9. The van der Waals surface area contributed by atoms with Gasteiger partial charge in [0.05, 0.1) is 6.54 Å². The van der Waals surface area contributed by atoms with Gasteiger partial charge in [-0.05, 0) is 30.7 Å². The molecule has 0 spiro atoms. The number of carbonyl (C=O) groups excluding carboxylic acids is 1. The second-order valence-corrected chi connectivity index (χ2v) is 6.04. The fourth-order valence-corrected chi connectivity index (χ4v) is 2.59. The summed E-state index contributed by atoms with van der Waals surface area (Å²) in [5.74, 6) is 1.42. The Balaban J connectivity index is 0.00000420. The average Bonchev–Trinajstić information content (AvgIpc) is 2.74. The molecular weight excluding hydrogens is 479 g/mol. The number of halogens is 1. The van der Waals surface area contributed by atoms with Crippen LogP contribution in [0.25, 0.3) is 0 Å². The minimum absolute atomic E-state index is 0. The Hall–Kier alpha value is -2.55. The number of nitrogens with one attached hydrogen (secondary N) is 3. The van der Waals surface area contributed by atoms with Gasteiger partial charge in [-0.15, -0.1) is 24.0 Å². The lowest BCUT2D eigenvalue weighted by molar-refractivity contribution is 0.0963. The molecule has 0 aromatic heterocycles. The van der Waals surface area contributed by atoms with E-state index in [1.165, 1.54) is 0 Å². The van der Waals surface area contributed by atoms with E-state index in [0.29, 0.717) is 31.2 Å². The summed E-state index contributed by atoms with van der Waals surface area (Å²) in [4.78, 5) is 16.4. The maximum atomic E-state index is 11.8. The van der Waals surface area contributed by atoms with Crippen molar-refractivity contribution >= 4 is 35.8 Å². The number of aliphatic imine (C=N–C) groups is 1. The first-order valence-electron chi connectivity index (χ1n) is 9.32. The number of rotatable bonds is 9. The van der Waals surface area contributed by atoms with E-state index in [0.717, 1.165) is 23.4 Å². The number of benzene rings is 2. The van der Waals surface area contributed by atoms with Gasteiger partial charge < -0.3 is 20.7 Å². The summed E-state index contributed by atoms with van der Waals surface area (Å²) in [5, 5.41) is 9.20. The highest BCUT2D eigenvalue weighted by Crippen LogP contribution is 2.17. The number of hydrogen-bond acceptors (Lipinski definition) is 3. The van der Waals surface area contributed by atoms with Gasteiger partial charge in [-0.25, -0.2) is 4.99 Å². The molecule has 0 radical (unpaired) electrons. The third kappa shape index (κ3) is 8.15. The van der Waals surface area contributed by atoms with Crippen molar-refractivity contribution in [2.75, 3.05) is 20.2 Å². The van der Waals surface area contributed by atoms with Crippen molar-refractivity contribution in [3.8, 4) is 5.75 Å². The summed E-state index contributed by atoms with van der Waals surface area (Å²) in [5.41, 5.74) is 2.63. The van der Waals surface area contributed by atoms with Crippen molar-refractivity contribution in [3.63, 3.8) is 0 Å². The van der Waals surface area contributed by atoms with E-state index >= 15 is 0 Å². The fraction of sp³-hybridized carbons (Fsp3) is 0.273. The van der Waals surface area contributed by atoms with Crippen LogP contribution in [0.3, 0.4) is 0 Å². The topological polar surface area (TPSA) is 74.8 Å². The molecule has 0 aliphatic carbocycles. The molecule has 0 saturated heterocycles. The molecule has 0 bridgehead atoms. The van der Waals surface area contributed by atoms with Crippen LogP contribution in [0.15, 0.2) is 66.2 Å². The zero-order chi connectivity index (χ0) is 20.2. The Morgan fingerprint density at radius 1 is 1.17 bits per heavy atom. The Labute approximate surface area is 189 Å². The third-order valence-corrected chi connectivity index (χ3v) is 3.96. The van der Waals surface area contributed by atoms with Gasteiger partial charge in [-0.1, -0.05) is 43.0 Å². The van der Waals surface area contributed by atoms with Gasteiger partial charge in [0.1, 0.15) is 12.4 Å². The lowest BCUT2D eigenvalue weighted by Crippen LogP contribution is -2.36. The lowest BCUT2D eigenvalue weighted by Gasteiger charge is -2.14. The SMILES string of the molecule is C=CCOc1ccccc1CNC(=NCc1cccc(C(=O)NC)c1)NCC.I. The number of hydrogen-bond donors (Lipinski definition) is 3. The second-order valence-electron chi connectivity index (χ2n) is 6.04. The van der Waals surface area contributed by atoms with Gasteiger partial charge in [0.2, 0.25) is 0 Å². The first kappa shape index (κ1) is 24.5. The molecule has 0 aliphatic rings. The molecular formula is C22H29IN4O2. The molecule has 0 aliphatic heterocycles. The minimum atomic E-state index is -0.105. The first-order chi connectivity index (χ1) is 13.7. The molecule has 0 heterocycles. The molecule has 0 atom stereocenters. The van der Waals surface area contributed by atoms with Crippen LogP contribution in [-0.4, -0.2) is 32.1 Å². The summed E-state index contributed by atoms with van der Waals surface area (Å²) in [6.07, 6.45) is 1.72. The quantitative estimate of drug-likeness (QED) is 0.210. The number of carbonyl (C=O) groups is 1. The Morgan fingerprint density at radius 2 is 1.97 bits per heavy atom. The molecule has 0 unspecified atom stereocenters. The van der Waals surface area contributed by atoms with Crippen molar-refractivity contribution < 1.29 is 9.53 Å². The molecule has 156 valence electrons. The van der Waals surface area contributed by atoms with Crippen molar-refractivity contribution in [1.82, 2.24) is 16.0 Å². The van der Waals surface area contributed by atoms with Gasteiger partial charge in [0, 0.05) is 31.3 Å². The van der Waals surface area contributed by atoms with Gasteiger partial charge in [-0.3, -0.25) is 4.79 Å². The predicted molar refractivity (Wildman–Crippen MR) is 129 cm³/mol. The van der Waals surface area contributed by atoms with Gasteiger partial charge in [0.15, 0.2) is 5.96 Å². The highest BCUT2D eigenvalue weighted by atomic mass is 127. The normalized spacial score (nSPS) is 10.5. The summed E-state index contributed by atoms with van der Waals surface area (Å²) in [6, 6.07) is 15.3. The van der Waals surface area contributed by atoms with E-state index in [4.69, 9.17) is 4.74 Å². The van der Waals surface area contributed by atoms with Crippen molar-refractivity contribution in [3.05, 3.63) is 77.9 Å². The van der Waals surface area contributed by atoms with Crippen molar-refractivity contribution in [2.24, 2.45) is 4.99 Å². The van der Waals surface area contributed by atoms with E-state index in [9.17, 15) is 4.79 Å². The van der Waals surface area contributed by atoms with Crippen molar-refractivity contribution in [1.29, 1.82) is 0 Å². The Morgan fingerprint density at radius 3 is 2.69 bits per heavy atom. The van der Waals surface area contributed by atoms with Crippen LogP contribution in [0.4, 0.5) is 0 Å². The number of nitrogens with zero attached hydrogens (tertiary/aromatic N) is 1. The van der Waals surface area contributed by atoms with Crippen LogP contribution >= 0.6 is 24.0 Å². The van der Waals surface area contributed by atoms with Crippen LogP contribution in [0.1, 0.15) is 28.4 Å². The minimum Gasteiger partial charge on any atom is -0.489 e. The van der Waals surface area contributed by atoms with E-state index in [-0.39, 0.29) is 29.9 Å². The molecule has 7 heteroatoms. The fourth-order valence-electron chi connectivity index (χ4n) is 2.59. The molecule has 0 saturated carbocycles. The molecule has 2 aromatic rings. The second kappa shape index (κ2) is 13.6. The third-order valence-electron chi connectivity index (χ3n) is 3.96. The maximum absolute atomic E-state index is 11.8. The number of ether oxygens (including phenoxy) is 1. The average molecular weight is 508 g/mol. The molecule has 29 heavy (non-hydrogen) atoms. The Bertz CT molecular complexity index is 824. The molecule has 2 rings (SSSR count). The zero-order valence-corrected chi connectivity index (χ0v) is 19.2. The van der Waals surface area contributed by atoms with Gasteiger partial charge >= 0.3 is 0 Å². The smallest absolute Gasteiger partial charge is 0.251 e. The van der Waals surface area contributed by atoms with Gasteiger partial charge in [-0.2, -0.15) is 0 Å². The van der Waals surface area contributed by atoms with Crippen LogP contribution in [0.5, 0.6) is 5.75 Å². The molecule has 1 amide bonds. The summed E-state index contributed by atoms with van der Waals surface area (Å²) in [6.45, 7) is 7.96. The summed E-state index contributed by atoms with van der Waals surface area (Å²) < 4.78 is 5.70. The number of para-hydroxylation sites is 1. The van der Waals surface area contributed by atoms with Crippen molar-refractivity contribution in [2.45, 2.75) is 20.0 Å². The molecule has 2 aromatic carbocycles. The molecule has 6 nitrogen and oxygen atoms in total. The summed E-state index contributed by atoms with van der Waals surface area (Å²) >= 11 is 0. The highest BCUT2D eigenvalue weighted by molar-refractivity contribution is 14.0. The lowest BCUT2D eigenvalue weighted by atomic mass is 10.1. The predicted octanol–water partition coefficient (Wildman–Crippen LogP) is 3.48. The molecule has 3 N–H and O–H groups in total. The standard InChI is InChI=1S/C22H28N4O2.HI/c1-4-13-28-20-12-7-6-10-19(20)16-26-22(24-5-2)25-15-17-9-8-11-18(14-17)21(27)23-3;/h4,6-12,14H,1,5,13,15-16H2,2-3H3,(H,23,27)(H2,24,25,26);1H. The van der Waals surface area contributed by atoms with Crippen LogP contribution in [0.2, 0.25) is 0 Å². The summed E-state index contributed by atoms with van der Waals surface area (Å²) in [7, 11) is 1.62. The number of amides is 1. The molecule has 0 fully saturated rings. The maximum Gasteiger partial charge on any atom is 0.251 e. The Kier molecular flexibility index (Phi) is 11.5. The van der Waals surface area contributed by atoms with Gasteiger partial charge in [0.25, 0.3) is 5.91 Å². The van der Waals surface area contributed by atoms with E-state index in [2.05, 4.69) is 27.5 Å². The van der Waals surface area contributed by atoms with Crippen LogP contribution < -0.4 is 20.7 Å². The number of guanidine groups is 1. The monoisotopic (exact) mass is 508 g/mol. The van der Waals surface area contributed by atoms with Crippen LogP contribution in [0, 0.1) is 0 Å². The first-order valence-corrected chi connectivity index (χ1v) is 9.32. The van der Waals surface area contributed by atoms with E-state index in [1.807, 2.05) is 49.4 Å². The van der Waals surface area contributed by atoms with E-state index < -0.39 is 0 Å². The highest BCUT2D eigenvalue weighted by Gasteiger charge is 2.06. The van der Waals surface area contributed by atoms with Crippen LogP contribution in [-0.2, 0) is 13.1 Å².